The second-order valence-corrected chi connectivity index (χ2v) is 10.0. The van der Waals surface area contributed by atoms with Crippen LogP contribution in [0.5, 0.6) is 0 Å². The highest BCUT2D eigenvalue weighted by atomic mass is 32.2. The van der Waals surface area contributed by atoms with Crippen LogP contribution in [0.2, 0.25) is 0 Å². The predicted molar refractivity (Wildman–Crippen MR) is 129 cm³/mol. The van der Waals surface area contributed by atoms with E-state index in [0.717, 1.165) is 52.3 Å². The molecule has 1 amide bonds. The van der Waals surface area contributed by atoms with Crippen LogP contribution in [0.3, 0.4) is 0 Å². The molecule has 0 saturated carbocycles. The first-order valence-electron chi connectivity index (χ1n) is 10.4. The van der Waals surface area contributed by atoms with Crippen LogP contribution in [0, 0.1) is 0 Å². The lowest BCUT2D eigenvalue weighted by molar-refractivity contribution is 0.102. The maximum absolute atomic E-state index is 12.9. The van der Waals surface area contributed by atoms with Crippen molar-refractivity contribution in [2.45, 2.75) is 23.1 Å². The standard InChI is InChI=1S/C23H22N6OS2/c1-29-6-3-18(4-7-29)32-22-10-15(2-5-25-22)23(30)28-21-9-16-8-17(20-13-24-14-31-20)11-26-19(16)12-27-21/h2,5,8-14,18H,3-4,6-7H2,1H3,(H,27,28,30). The van der Waals surface area contributed by atoms with Gasteiger partial charge in [-0.3, -0.25) is 14.8 Å². The molecule has 32 heavy (non-hydrogen) atoms. The third-order valence-corrected chi connectivity index (χ3v) is 7.57. The van der Waals surface area contributed by atoms with Gasteiger partial charge in [-0.25, -0.2) is 9.97 Å². The number of likely N-dealkylation sites (tertiary alicyclic amines) is 1. The second-order valence-electron chi connectivity index (χ2n) is 7.81. The van der Waals surface area contributed by atoms with E-state index in [2.05, 4.69) is 37.2 Å². The Morgan fingerprint density at radius 3 is 2.81 bits per heavy atom. The summed E-state index contributed by atoms with van der Waals surface area (Å²) in [5.74, 6) is 0.295. The van der Waals surface area contributed by atoms with E-state index in [4.69, 9.17) is 0 Å². The van der Waals surface area contributed by atoms with Gasteiger partial charge in [0.2, 0.25) is 0 Å². The Kier molecular flexibility index (Phi) is 6.11. The van der Waals surface area contributed by atoms with Crippen molar-refractivity contribution in [3.8, 4) is 10.4 Å². The number of hydrogen-bond acceptors (Lipinski definition) is 8. The molecule has 4 aromatic heterocycles. The van der Waals surface area contributed by atoms with Crippen LogP contribution in [0.25, 0.3) is 21.3 Å². The molecule has 0 unspecified atom stereocenters. The molecule has 5 heterocycles. The smallest absolute Gasteiger partial charge is 0.256 e. The van der Waals surface area contributed by atoms with E-state index in [0.29, 0.717) is 16.6 Å². The lowest BCUT2D eigenvalue weighted by atomic mass is 10.1. The maximum atomic E-state index is 12.9. The van der Waals surface area contributed by atoms with Gasteiger partial charge in [-0.1, -0.05) is 0 Å². The van der Waals surface area contributed by atoms with Crippen LogP contribution < -0.4 is 5.32 Å². The van der Waals surface area contributed by atoms with E-state index in [-0.39, 0.29) is 5.91 Å². The summed E-state index contributed by atoms with van der Waals surface area (Å²) < 4.78 is 0. The van der Waals surface area contributed by atoms with E-state index < -0.39 is 0 Å². The molecule has 0 spiro atoms. The molecule has 1 fully saturated rings. The summed E-state index contributed by atoms with van der Waals surface area (Å²) >= 11 is 3.32. The number of pyridine rings is 3. The first-order valence-corrected chi connectivity index (χ1v) is 12.2. The van der Waals surface area contributed by atoms with Crippen molar-refractivity contribution in [3.63, 3.8) is 0 Å². The molecular weight excluding hydrogens is 440 g/mol. The number of amides is 1. The van der Waals surface area contributed by atoms with Gasteiger partial charge in [0.15, 0.2) is 0 Å². The molecule has 162 valence electrons. The number of hydrogen-bond donors (Lipinski definition) is 1. The third kappa shape index (κ3) is 4.79. The maximum Gasteiger partial charge on any atom is 0.256 e. The SMILES string of the molecule is CN1CCC(Sc2cc(C(=O)Nc3cc4cc(-c5cncs5)cnc4cn3)ccn2)CC1. The zero-order valence-corrected chi connectivity index (χ0v) is 19.2. The number of rotatable bonds is 5. The van der Waals surface area contributed by atoms with Crippen molar-refractivity contribution in [1.82, 2.24) is 24.8 Å². The first kappa shape index (κ1) is 21.0. The van der Waals surface area contributed by atoms with Gasteiger partial charge in [-0.15, -0.1) is 23.1 Å². The van der Waals surface area contributed by atoms with Gasteiger partial charge in [-0.2, -0.15) is 0 Å². The number of anilines is 1. The summed E-state index contributed by atoms with van der Waals surface area (Å²) in [7, 11) is 2.15. The molecule has 1 N–H and O–H groups in total. The van der Waals surface area contributed by atoms with Crippen molar-refractivity contribution in [2.24, 2.45) is 0 Å². The minimum absolute atomic E-state index is 0.198. The average Bonchev–Trinajstić information content (AvgIpc) is 3.35. The molecule has 4 aromatic rings. The van der Waals surface area contributed by atoms with Gasteiger partial charge in [0, 0.05) is 40.4 Å². The number of nitrogens with one attached hydrogen (secondary N) is 1. The van der Waals surface area contributed by atoms with Gasteiger partial charge in [0.05, 0.1) is 27.1 Å². The number of nitrogens with zero attached hydrogens (tertiary/aromatic N) is 5. The summed E-state index contributed by atoms with van der Waals surface area (Å²) in [4.78, 5) is 33.7. The first-order chi connectivity index (χ1) is 15.6. The van der Waals surface area contributed by atoms with Gasteiger partial charge < -0.3 is 10.2 Å². The highest BCUT2D eigenvalue weighted by molar-refractivity contribution is 7.99. The minimum atomic E-state index is -0.198. The Labute approximate surface area is 194 Å². The molecule has 0 radical (unpaired) electrons. The Bertz CT molecular complexity index is 1240. The largest absolute Gasteiger partial charge is 0.307 e. The van der Waals surface area contributed by atoms with Crippen molar-refractivity contribution in [1.29, 1.82) is 0 Å². The molecule has 0 aliphatic carbocycles. The van der Waals surface area contributed by atoms with Crippen molar-refractivity contribution < 1.29 is 4.79 Å². The predicted octanol–water partition coefficient (Wildman–Crippen LogP) is 4.59. The van der Waals surface area contributed by atoms with Crippen LogP contribution in [0.4, 0.5) is 5.82 Å². The summed E-state index contributed by atoms with van der Waals surface area (Å²) in [6.45, 7) is 2.20. The van der Waals surface area contributed by atoms with E-state index >= 15 is 0 Å². The van der Waals surface area contributed by atoms with E-state index in [9.17, 15) is 4.79 Å². The van der Waals surface area contributed by atoms with Crippen LogP contribution in [0.15, 0.2) is 59.6 Å². The molecule has 1 aliphatic heterocycles. The number of aromatic nitrogens is 4. The van der Waals surface area contributed by atoms with Crippen LogP contribution in [-0.4, -0.2) is 56.1 Å². The summed E-state index contributed by atoms with van der Waals surface area (Å²) in [5, 5.41) is 5.25. The van der Waals surface area contributed by atoms with Gasteiger partial charge in [0.25, 0.3) is 5.91 Å². The zero-order chi connectivity index (χ0) is 21.9. The van der Waals surface area contributed by atoms with Gasteiger partial charge >= 0.3 is 0 Å². The summed E-state index contributed by atoms with van der Waals surface area (Å²) in [6, 6.07) is 7.48. The van der Waals surface area contributed by atoms with Gasteiger partial charge in [0.1, 0.15) is 5.82 Å². The molecule has 1 saturated heterocycles. The number of fused-ring (bicyclic) bond motifs is 1. The fraction of sp³-hybridized carbons (Fsp3) is 0.261. The summed E-state index contributed by atoms with van der Waals surface area (Å²) in [6.07, 6.45) is 9.29. The molecule has 0 aromatic carbocycles. The normalized spacial score (nSPS) is 15.2. The van der Waals surface area contributed by atoms with Crippen LogP contribution in [-0.2, 0) is 0 Å². The number of thioether (sulfide) groups is 1. The topological polar surface area (TPSA) is 83.9 Å². The number of carbonyl (C=O) groups excluding carboxylic acids is 1. The molecule has 0 bridgehead atoms. The monoisotopic (exact) mass is 462 g/mol. The average molecular weight is 463 g/mol. The molecule has 7 nitrogen and oxygen atoms in total. The molecule has 0 atom stereocenters. The fourth-order valence-electron chi connectivity index (χ4n) is 3.67. The molecular formula is C23H22N6OS2. The van der Waals surface area contributed by atoms with E-state index in [1.165, 1.54) is 0 Å². The lowest BCUT2D eigenvalue weighted by Gasteiger charge is -2.28. The molecule has 5 rings (SSSR count). The number of piperidine rings is 1. The molecule has 9 heteroatoms. The van der Waals surface area contributed by atoms with E-state index in [1.807, 2.05) is 30.6 Å². The Morgan fingerprint density at radius 2 is 2.00 bits per heavy atom. The third-order valence-electron chi connectivity index (χ3n) is 5.48. The number of carbonyl (C=O) groups is 1. The lowest BCUT2D eigenvalue weighted by Crippen LogP contribution is -2.31. The summed E-state index contributed by atoms with van der Waals surface area (Å²) in [5.41, 5.74) is 4.14. The van der Waals surface area contributed by atoms with Gasteiger partial charge in [-0.05, 0) is 57.2 Å². The quantitative estimate of drug-likeness (QED) is 0.464. The van der Waals surface area contributed by atoms with Crippen LogP contribution in [0.1, 0.15) is 23.2 Å². The second kappa shape index (κ2) is 9.32. The van der Waals surface area contributed by atoms with Crippen molar-refractivity contribution in [3.05, 3.63) is 60.1 Å². The van der Waals surface area contributed by atoms with Crippen molar-refractivity contribution in [2.75, 3.05) is 25.5 Å². The zero-order valence-electron chi connectivity index (χ0n) is 17.6. The fourth-order valence-corrected chi connectivity index (χ4v) is 5.38. The molecule has 1 aliphatic rings. The highest BCUT2D eigenvalue weighted by Gasteiger charge is 2.19. The minimum Gasteiger partial charge on any atom is -0.307 e. The highest BCUT2D eigenvalue weighted by Crippen LogP contribution is 2.29. The van der Waals surface area contributed by atoms with Crippen LogP contribution >= 0.6 is 23.1 Å². The Morgan fingerprint density at radius 1 is 1.12 bits per heavy atom. The Balaban J connectivity index is 1.31. The van der Waals surface area contributed by atoms with Crippen molar-refractivity contribution >= 4 is 45.7 Å². The van der Waals surface area contributed by atoms with E-state index in [1.54, 1.807) is 47.1 Å². The Hall–Kier alpha value is -2.88. The number of thiazole rings is 1.